The number of rotatable bonds is 0. The summed E-state index contributed by atoms with van der Waals surface area (Å²) in [6.07, 6.45) is 28.1. The highest BCUT2D eigenvalue weighted by molar-refractivity contribution is 5.72. The number of carbonyl (C=O) groups is 1. The summed E-state index contributed by atoms with van der Waals surface area (Å²) in [6.45, 7) is 0. The molecule has 0 aliphatic carbocycles. The van der Waals surface area contributed by atoms with Crippen molar-refractivity contribution in [2.45, 2.75) is 0 Å². The smallest absolute Gasteiger partial charge is 0.335 e. The molecule has 23 heavy (non-hydrogen) atoms. The summed E-state index contributed by atoms with van der Waals surface area (Å²) >= 11 is 0. The van der Waals surface area contributed by atoms with E-state index in [4.69, 9.17) is 10.6 Å². The zero-order valence-electron chi connectivity index (χ0n) is 12.5. The lowest BCUT2D eigenvalue weighted by Crippen LogP contribution is -2.41. The van der Waals surface area contributed by atoms with Crippen LogP contribution in [0, 0.1) is 0 Å². The van der Waals surface area contributed by atoms with Gasteiger partial charge in [-0.2, -0.15) is 0 Å². The van der Waals surface area contributed by atoms with E-state index in [1.807, 2.05) is 54.7 Å². The lowest BCUT2D eigenvalue weighted by Gasteiger charge is -2.13. The molecule has 1 aliphatic rings. The Morgan fingerprint density at radius 2 is 1.17 bits per heavy atom. The van der Waals surface area contributed by atoms with E-state index in [-0.39, 0.29) is 0 Å². The normalized spacial score (nSPS) is 27.6. The molecule has 0 fully saturated rings. The standard InChI is InChI=1S/C17H19N3O3/c18-17(21)20-15-13-11-9-7-5-3-1-2-4-6-8-10-12-14-16-22-23-19-20/h1-16,19H,(H2,18,21)/b3-1-,4-2-,7-5-,8-6-,11-9-,12-10-,15-13-,16-14-. The number of urea groups is 1. The molecule has 6 heteroatoms. The number of amides is 2. The van der Waals surface area contributed by atoms with Crippen molar-refractivity contribution < 1.29 is 14.7 Å². The molecule has 0 aromatic carbocycles. The Labute approximate surface area is 135 Å². The quantitative estimate of drug-likeness (QED) is 0.674. The molecule has 0 aromatic heterocycles. The summed E-state index contributed by atoms with van der Waals surface area (Å²) in [7, 11) is 0. The third-order valence-electron chi connectivity index (χ3n) is 2.23. The van der Waals surface area contributed by atoms with Gasteiger partial charge in [-0.3, -0.25) is 0 Å². The molecule has 1 aliphatic heterocycles. The first-order valence-corrected chi connectivity index (χ1v) is 6.80. The van der Waals surface area contributed by atoms with Crippen LogP contribution in [0.2, 0.25) is 0 Å². The van der Waals surface area contributed by atoms with Crippen molar-refractivity contribution in [2.75, 3.05) is 0 Å². The molecule has 1 heterocycles. The van der Waals surface area contributed by atoms with Crippen molar-refractivity contribution >= 4 is 6.03 Å². The predicted molar refractivity (Wildman–Crippen MR) is 89.8 cm³/mol. The van der Waals surface area contributed by atoms with Gasteiger partial charge in [0.15, 0.2) is 0 Å². The van der Waals surface area contributed by atoms with Crippen molar-refractivity contribution in [3.05, 3.63) is 97.5 Å². The van der Waals surface area contributed by atoms with Gasteiger partial charge in [0.05, 0.1) is 0 Å². The molecule has 2 amide bonds. The van der Waals surface area contributed by atoms with Crippen LogP contribution in [0.1, 0.15) is 0 Å². The van der Waals surface area contributed by atoms with E-state index in [2.05, 4.69) is 10.6 Å². The molecule has 1 rings (SSSR count). The third-order valence-corrected chi connectivity index (χ3v) is 2.23. The molecule has 120 valence electrons. The predicted octanol–water partition coefficient (Wildman–Crippen LogP) is 3.11. The molecule has 6 nitrogen and oxygen atoms in total. The van der Waals surface area contributed by atoms with Crippen LogP contribution in [-0.4, -0.2) is 11.0 Å². The molecular weight excluding hydrogens is 294 g/mol. The molecule has 0 saturated carbocycles. The number of primary amides is 1. The Morgan fingerprint density at radius 3 is 1.65 bits per heavy atom. The van der Waals surface area contributed by atoms with E-state index in [0.717, 1.165) is 5.01 Å². The number of nitrogens with two attached hydrogens (primary N) is 1. The largest absolute Gasteiger partial charge is 0.350 e. The van der Waals surface area contributed by atoms with Crippen LogP contribution in [0.3, 0.4) is 0 Å². The maximum absolute atomic E-state index is 11.2. The molecule has 0 atom stereocenters. The summed E-state index contributed by atoms with van der Waals surface area (Å²) in [4.78, 5) is 20.5. The Kier molecular flexibility index (Phi) is 9.87. The Balaban J connectivity index is 2.71. The average Bonchev–Trinajstić information content (AvgIpc) is 2.53. The molecule has 0 aromatic rings. The second kappa shape index (κ2) is 12.6. The van der Waals surface area contributed by atoms with Gasteiger partial charge in [0.1, 0.15) is 6.26 Å². The van der Waals surface area contributed by atoms with Gasteiger partial charge in [-0.15, -0.1) is 0 Å². The summed E-state index contributed by atoms with van der Waals surface area (Å²) in [5.41, 5.74) is 7.40. The molecule has 0 spiro atoms. The van der Waals surface area contributed by atoms with Gasteiger partial charge in [-0.25, -0.2) is 9.80 Å². The zero-order valence-corrected chi connectivity index (χ0v) is 12.5. The number of nitrogens with zero attached hydrogens (tertiary/aromatic N) is 1. The minimum atomic E-state index is -0.750. The molecule has 0 radical (unpaired) electrons. The van der Waals surface area contributed by atoms with Gasteiger partial charge in [-0.05, 0) is 12.2 Å². The number of allylic oxidation sites excluding steroid dienone is 14. The van der Waals surface area contributed by atoms with E-state index >= 15 is 0 Å². The number of hydrogen-bond donors (Lipinski definition) is 2. The van der Waals surface area contributed by atoms with Gasteiger partial charge in [-0.1, -0.05) is 83.5 Å². The Hall–Kier alpha value is -3.09. The lowest BCUT2D eigenvalue weighted by molar-refractivity contribution is -0.322. The van der Waals surface area contributed by atoms with E-state index in [1.165, 1.54) is 12.5 Å². The van der Waals surface area contributed by atoms with Gasteiger partial charge in [0.25, 0.3) is 0 Å². The first-order valence-electron chi connectivity index (χ1n) is 6.80. The fourth-order valence-corrected chi connectivity index (χ4v) is 1.22. The Bertz CT molecular complexity index is 582. The van der Waals surface area contributed by atoms with Gasteiger partial charge in [0, 0.05) is 6.20 Å². The molecular formula is C17H19N3O3. The number of carbonyl (C=O) groups excluding carboxylic acids is 1. The maximum Gasteiger partial charge on any atom is 0.335 e. The molecule has 0 saturated heterocycles. The number of hydrogen-bond acceptors (Lipinski definition) is 4. The van der Waals surface area contributed by atoms with E-state index in [0.29, 0.717) is 0 Å². The molecule has 0 unspecified atom stereocenters. The minimum absolute atomic E-state index is 0.750. The lowest BCUT2D eigenvalue weighted by atomic mass is 10.3. The van der Waals surface area contributed by atoms with Crippen LogP contribution in [0.4, 0.5) is 4.79 Å². The van der Waals surface area contributed by atoms with E-state index in [1.54, 1.807) is 30.4 Å². The van der Waals surface area contributed by atoms with Crippen LogP contribution in [0.15, 0.2) is 97.5 Å². The number of nitrogens with one attached hydrogen (secondary N) is 1. The summed E-state index contributed by atoms with van der Waals surface area (Å²) in [6, 6.07) is -0.750. The SMILES string of the molecule is NC(=O)N1\C=C/C=C\C=C/C=C\C=C/C=C\C=C/C=C\OON1. The third kappa shape index (κ3) is 10.3. The van der Waals surface area contributed by atoms with Gasteiger partial charge >= 0.3 is 6.03 Å². The van der Waals surface area contributed by atoms with Crippen molar-refractivity contribution in [3.63, 3.8) is 0 Å². The van der Waals surface area contributed by atoms with Crippen molar-refractivity contribution in [2.24, 2.45) is 5.73 Å². The fraction of sp³-hybridized carbons (Fsp3) is 0. The molecule has 3 N–H and O–H groups in total. The topological polar surface area (TPSA) is 76.8 Å². The van der Waals surface area contributed by atoms with Gasteiger partial charge < -0.3 is 10.6 Å². The summed E-state index contributed by atoms with van der Waals surface area (Å²) in [5, 5.41) is 0.920. The van der Waals surface area contributed by atoms with E-state index in [9.17, 15) is 4.79 Å². The molecule has 0 bridgehead atoms. The second-order valence-electron chi connectivity index (χ2n) is 3.96. The first kappa shape index (κ1) is 18.0. The maximum atomic E-state index is 11.2. The first-order chi connectivity index (χ1) is 11.3. The fourth-order valence-electron chi connectivity index (χ4n) is 1.22. The van der Waals surface area contributed by atoms with Crippen molar-refractivity contribution in [1.29, 1.82) is 0 Å². The van der Waals surface area contributed by atoms with E-state index < -0.39 is 6.03 Å². The second-order valence-corrected chi connectivity index (χ2v) is 3.96. The van der Waals surface area contributed by atoms with Crippen molar-refractivity contribution in [3.8, 4) is 0 Å². The zero-order chi connectivity index (χ0) is 16.6. The highest BCUT2D eigenvalue weighted by atomic mass is 17.3. The Morgan fingerprint density at radius 1 is 0.739 bits per heavy atom. The van der Waals surface area contributed by atoms with Crippen LogP contribution < -0.4 is 11.3 Å². The van der Waals surface area contributed by atoms with Crippen LogP contribution in [0.25, 0.3) is 0 Å². The van der Waals surface area contributed by atoms with Crippen LogP contribution >= 0.6 is 0 Å². The van der Waals surface area contributed by atoms with Crippen molar-refractivity contribution in [1.82, 2.24) is 10.6 Å². The minimum Gasteiger partial charge on any atom is -0.350 e. The highest BCUT2D eigenvalue weighted by Gasteiger charge is 2.04. The summed E-state index contributed by atoms with van der Waals surface area (Å²) < 4.78 is 0. The monoisotopic (exact) mass is 313 g/mol. The average molecular weight is 313 g/mol. The number of hydrazine groups is 1. The van der Waals surface area contributed by atoms with Crippen LogP contribution in [0.5, 0.6) is 0 Å². The summed E-state index contributed by atoms with van der Waals surface area (Å²) in [5.74, 6) is 0. The highest BCUT2D eigenvalue weighted by Crippen LogP contribution is 1.90. The van der Waals surface area contributed by atoms with Gasteiger partial charge in [0.2, 0.25) is 0 Å². The van der Waals surface area contributed by atoms with Crippen LogP contribution in [-0.2, 0) is 9.88 Å².